The zero-order valence-electron chi connectivity index (χ0n) is 12.2. The summed E-state index contributed by atoms with van der Waals surface area (Å²) in [6.45, 7) is 7.00. The van der Waals surface area contributed by atoms with Crippen molar-refractivity contribution >= 4 is 11.8 Å². The third kappa shape index (κ3) is 4.08. The van der Waals surface area contributed by atoms with Crippen LogP contribution >= 0.6 is 11.8 Å². The molecule has 0 saturated heterocycles. The van der Waals surface area contributed by atoms with E-state index in [1.54, 1.807) is 0 Å². The van der Waals surface area contributed by atoms with Crippen LogP contribution in [0.15, 0.2) is 28.8 Å². The first kappa shape index (κ1) is 15.1. The Balaban J connectivity index is 1.94. The van der Waals surface area contributed by atoms with Crippen LogP contribution in [0, 0.1) is 6.92 Å². The minimum absolute atomic E-state index is 0.439. The van der Waals surface area contributed by atoms with E-state index in [9.17, 15) is 0 Å². The van der Waals surface area contributed by atoms with Crippen LogP contribution in [0.3, 0.4) is 0 Å². The molecule has 0 bridgehead atoms. The molecular formula is C15H21N3OS. The molecule has 20 heavy (non-hydrogen) atoms. The molecule has 1 N–H and O–H groups in total. The molecule has 0 fully saturated rings. The van der Waals surface area contributed by atoms with Gasteiger partial charge in [-0.2, -0.15) is 16.7 Å². The van der Waals surface area contributed by atoms with Gasteiger partial charge >= 0.3 is 0 Å². The lowest BCUT2D eigenvalue weighted by atomic mass is 10.1. The first-order chi connectivity index (χ1) is 9.70. The van der Waals surface area contributed by atoms with Crippen LogP contribution in [-0.4, -0.2) is 27.7 Å². The van der Waals surface area contributed by atoms with Gasteiger partial charge in [-0.3, -0.25) is 0 Å². The maximum Gasteiger partial charge on any atom is 0.240 e. The number of rotatable bonds is 7. The Bertz CT molecular complexity index is 541. The Morgan fingerprint density at radius 3 is 2.90 bits per heavy atom. The molecule has 0 spiro atoms. The molecule has 0 saturated carbocycles. The summed E-state index contributed by atoms with van der Waals surface area (Å²) in [5.74, 6) is 3.53. The van der Waals surface area contributed by atoms with Crippen LogP contribution in [0.25, 0.3) is 11.4 Å². The topological polar surface area (TPSA) is 51.0 Å². The third-order valence-corrected chi connectivity index (χ3v) is 4.17. The molecular weight excluding hydrogens is 270 g/mol. The maximum absolute atomic E-state index is 5.30. The molecule has 5 heteroatoms. The van der Waals surface area contributed by atoms with Crippen molar-refractivity contribution in [3.8, 4) is 11.4 Å². The standard InChI is InChI=1S/C15H21N3OS/c1-4-20-10-12(3)16-9-14-17-15(18-19-14)13-8-6-5-7-11(13)2/h5-8,12,16H,4,9-10H2,1-3H3. The van der Waals surface area contributed by atoms with Crippen molar-refractivity contribution in [3.63, 3.8) is 0 Å². The predicted octanol–water partition coefficient (Wildman–Crippen LogP) is 3.28. The summed E-state index contributed by atoms with van der Waals surface area (Å²) in [4.78, 5) is 4.45. The fraction of sp³-hybridized carbons (Fsp3) is 0.467. The maximum atomic E-state index is 5.30. The fourth-order valence-electron chi connectivity index (χ4n) is 1.87. The molecule has 2 aromatic rings. The van der Waals surface area contributed by atoms with Crippen molar-refractivity contribution in [2.75, 3.05) is 11.5 Å². The van der Waals surface area contributed by atoms with Gasteiger partial charge in [0, 0.05) is 17.4 Å². The summed E-state index contributed by atoms with van der Waals surface area (Å²) < 4.78 is 5.30. The highest BCUT2D eigenvalue weighted by Crippen LogP contribution is 2.19. The Morgan fingerprint density at radius 2 is 2.15 bits per heavy atom. The van der Waals surface area contributed by atoms with E-state index in [1.807, 2.05) is 43.0 Å². The number of aromatic nitrogens is 2. The van der Waals surface area contributed by atoms with Crippen molar-refractivity contribution in [1.29, 1.82) is 0 Å². The van der Waals surface area contributed by atoms with Crippen LogP contribution in [0.4, 0.5) is 0 Å². The number of hydrogen-bond acceptors (Lipinski definition) is 5. The van der Waals surface area contributed by atoms with Crippen LogP contribution < -0.4 is 5.32 Å². The molecule has 4 nitrogen and oxygen atoms in total. The molecule has 0 aliphatic rings. The van der Waals surface area contributed by atoms with Gasteiger partial charge in [-0.05, 0) is 25.2 Å². The summed E-state index contributed by atoms with van der Waals surface area (Å²) in [6.07, 6.45) is 0. The highest BCUT2D eigenvalue weighted by atomic mass is 32.2. The average Bonchev–Trinajstić information content (AvgIpc) is 2.92. The molecule has 1 unspecified atom stereocenters. The molecule has 2 rings (SSSR count). The summed E-state index contributed by atoms with van der Waals surface area (Å²) in [5.41, 5.74) is 2.18. The molecule has 0 aliphatic heterocycles. The minimum atomic E-state index is 0.439. The number of nitrogens with one attached hydrogen (secondary N) is 1. The second-order valence-electron chi connectivity index (χ2n) is 4.77. The highest BCUT2D eigenvalue weighted by molar-refractivity contribution is 7.99. The van der Waals surface area contributed by atoms with E-state index in [0.717, 1.165) is 22.6 Å². The van der Waals surface area contributed by atoms with Gasteiger partial charge in [0.05, 0.1) is 6.54 Å². The van der Waals surface area contributed by atoms with E-state index >= 15 is 0 Å². The van der Waals surface area contributed by atoms with E-state index < -0.39 is 0 Å². The summed E-state index contributed by atoms with van der Waals surface area (Å²) in [6, 6.07) is 8.49. The van der Waals surface area contributed by atoms with Crippen molar-refractivity contribution in [2.45, 2.75) is 33.4 Å². The smallest absolute Gasteiger partial charge is 0.240 e. The van der Waals surface area contributed by atoms with Crippen LogP contribution in [0.2, 0.25) is 0 Å². The number of hydrogen-bond donors (Lipinski definition) is 1. The summed E-state index contributed by atoms with van der Waals surface area (Å²) >= 11 is 1.93. The zero-order valence-corrected chi connectivity index (χ0v) is 13.0. The molecule has 0 aliphatic carbocycles. The lowest BCUT2D eigenvalue weighted by Crippen LogP contribution is -2.27. The second kappa shape index (κ2) is 7.45. The SMILES string of the molecule is CCSCC(C)NCc1nc(-c2ccccc2C)no1. The Kier molecular flexibility index (Phi) is 5.61. The van der Waals surface area contributed by atoms with Gasteiger partial charge in [-0.1, -0.05) is 36.3 Å². The Hall–Kier alpha value is -1.33. The molecule has 108 valence electrons. The first-order valence-electron chi connectivity index (χ1n) is 6.90. The van der Waals surface area contributed by atoms with Crippen LogP contribution in [0.5, 0.6) is 0 Å². The normalized spacial score (nSPS) is 12.6. The first-order valence-corrected chi connectivity index (χ1v) is 8.06. The van der Waals surface area contributed by atoms with Gasteiger partial charge in [-0.25, -0.2) is 0 Å². The molecule has 1 aromatic heterocycles. The number of thioether (sulfide) groups is 1. The van der Waals surface area contributed by atoms with Crippen molar-refractivity contribution in [1.82, 2.24) is 15.5 Å². The van der Waals surface area contributed by atoms with E-state index in [1.165, 1.54) is 0 Å². The zero-order chi connectivity index (χ0) is 14.4. The van der Waals surface area contributed by atoms with Gasteiger partial charge in [0.2, 0.25) is 11.7 Å². The van der Waals surface area contributed by atoms with Crippen LogP contribution in [-0.2, 0) is 6.54 Å². The van der Waals surface area contributed by atoms with Gasteiger partial charge < -0.3 is 9.84 Å². The largest absolute Gasteiger partial charge is 0.338 e. The van der Waals surface area contributed by atoms with E-state index in [0.29, 0.717) is 24.3 Å². The average molecular weight is 291 g/mol. The van der Waals surface area contributed by atoms with Gasteiger partial charge in [0.1, 0.15) is 0 Å². The quantitative estimate of drug-likeness (QED) is 0.848. The Morgan fingerprint density at radius 1 is 1.35 bits per heavy atom. The lowest BCUT2D eigenvalue weighted by Gasteiger charge is -2.10. The van der Waals surface area contributed by atoms with Crippen molar-refractivity contribution in [2.24, 2.45) is 0 Å². The minimum Gasteiger partial charge on any atom is -0.338 e. The van der Waals surface area contributed by atoms with E-state index in [4.69, 9.17) is 4.52 Å². The van der Waals surface area contributed by atoms with Crippen LogP contribution in [0.1, 0.15) is 25.3 Å². The summed E-state index contributed by atoms with van der Waals surface area (Å²) in [7, 11) is 0. The van der Waals surface area contributed by atoms with E-state index in [2.05, 4.69) is 29.3 Å². The fourth-order valence-corrected chi connectivity index (χ4v) is 2.58. The second-order valence-corrected chi connectivity index (χ2v) is 6.09. The number of benzene rings is 1. The van der Waals surface area contributed by atoms with Crippen molar-refractivity contribution < 1.29 is 4.52 Å². The molecule has 0 radical (unpaired) electrons. The highest BCUT2D eigenvalue weighted by Gasteiger charge is 2.11. The van der Waals surface area contributed by atoms with Crippen molar-refractivity contribution in [3.05, 3.63) is 35.7 Å². The number of aryl methyl sites for hydroxylation is 1. The predicted molar refractivity (Wildman–Crippen MR) is 83.8 cm³/mol. The van der Waals surface area contributed by atoms with Gasteiger partial charge in [0.15, 0.2) is 0 Å². The lowest BCUT2D eigenvalue weighted by molar-refractivity contribution is 0.362. The van der Waals surface area contributed by atoms with Gasteiger partial charge in [0.25, 0.3) is 0 Å². The molecule has 1 aromatic carbocycles. The summed E-state index contributed by atoms with van der Waals surface area (Å²) in [5, 5.41) is 7.45. The van der Waals surface area contributed by atoms with E-state index in [-0.39, 0.29) is 0 Å². The third-order valence-electron chi connectivity index (χ3n) is 3.03. The number of nitrogens with zero attached hydrogens (tertiary/aromatic N) is 2. The monoisotopic (exact) mass is 291 g/mol. The molecule has 1 heterocycles. The van der Waals surface area contributed by atoms with Gasteiger partial charge in [-0.15, -0.1) is 0 Å². The molecule has 0 amide bonds. The molecule has 1 atom stereocenters. The Labute approximate surface area is 124 Å².